The Kier molecular flexibility index (Phi) is 6.08. The van der Waals surface area contributed by atoms with Gasteiger partial charge in [-0.15, -0.1) is 0 Å². The molecular weight excluding hydrogens is 356 g/mol. The third kappa shape index (κ3) is 4.01. The molecule has 0 aromatic heterocycles. The fourth-order valence-corrected chi connectivity index (χ4v) is 7.42. The molecule has 4 aliphatic rings. The average molecular weight is 401 g/mol. The summed E-state index contributed by atoms with van der Waals surface area (Å²) in [6, 6.07) is 0. The van der Waals surface area contributed by atoms with Gasteiger partial charge in [0.25, 0.3) is 0 Å². The van der Waals surface area contributed by atoms with Crippen molar-refractivity contribution in [1.82, 2.24) is 0 Å². The van der Waals surface area contributed by atoms with Gasteiger partial charge in [0.15, 0.2) is 0 Å². The first-order valence-corrected chi connectivity index (χ1v) is 12.5. The number of hydrogen-bond donors (Lipinski definition) is 1. The third-order valence-electron chi connectivity index (χ3n) is 9.19. The second-order valence-electron chi connectivity index (χ2n) is 11.6. The van der Waals surface area contributed by atoms with Crippen LogP contribution < -0.4 is 0 Å². The second kappa shape index (κ2) is 8.15. The maximum absolute atomic E-state index is 10.2. The van der Waals surface area contributed by atoms with E-state index in [-0.39, 0.29) is 17.8 Å². The Morgan fingerprint density at radius 2 is 1.97 bits per heavy atom. The van der Waals surface area contributed by atoms with Gasteiger partial charge in [-0.05, 0) is 79.6 Å². The lowest BCUT2D eigenvalue weighted by Crippen LogP contribution is -2.36. The summed E-state index contributed by atoms with van der Waals surface area (Å²) in [6.07, 6.45) is 15.9. The van der Waals surface area contributed by atoms with Crippen molar-refractivity contribution in [2.45, 2.75) is 116 Å². The molecule has 164 valence electrons. The molecule has 0 bridgehead atoms. The molecule has 29 heavy (non-hydrogen) atoms. The first kappa shape index (κ1) is 21.6. The number of allylic oxidation sites excluding steroid dienone is 1. The predicted octanol–water partition coefficient (Wildman–Crippen LogP) is 6.83. The average Bonchev–Trinajstić information content (AvgIpc) is 3.18. The molecule has 3 aliphatic carbocycles. The van der Waals surface area contributed by atoms with Crippen molar-refractivity contribution < 1.29 is 9.84 Å². The quantitative estimate of drug-likeness (QED) is 0.391. The summed E-state index contributed by atoms with van der Waals surface area (Å²) >= 11 is 0. The van der Waals surface area contributed by atoms with Gasteiger partial charge in [0, 0.05) is 6.42 Å². The van der Waals surface area contributed by atoms with Gasteiger partial charge in [-0.3, -0.25) is 0 Å². The van der Waals surface area contributed by atoms with Crippen molar-refractivity contribution in [3.63, 3.8) is 0 Å². The van der Waals surface area contributed by atoms with Crippen molar-refractivity contribution in [3.05, 3.63) is 23.8 Å². The molecule has 0 unspecified atom stereocenters. The number of fused-ring (bicyclic) bond motifs is 1. The molecule has 0 amide bonds. The summed E-state index contributed by atoms with van der Waals surface area (Å²) in [5.74, 6) is 3.30. The van der Waals surface area contributed by atoms with E-state index < -0.39 is 0 Å². The molecule has 3 saturated carbocycles. The normalized spacial score (nSPS) is 44.5. The summed E-state index contributed by atoms with van der Waals surface area (Å²) in [4.78, 5) is 0. The minimum absolute atomic E-state index is 0.171. The van der Waals surface area contributed by atoms with Crippen LogP contribution in [0.2, 0.25) is 0 Å². The maximum atomic E-state index is 10.2. The van der Waals surface area contributed by atoms with E-state index in [1.807, 2.05) is 0 Å². The standard InChI is InChI=1S/C27H44O2/c1-18(2)8-6-9-19(3)23-13-14-24-21(10-7-15-26(23,24)5)16-25-27(29-25)17-22(28)12-11-20(27)4/h16,18-19,22-25,28H,4,6-15,17H2,1-3,5H3/b21-16+/t19-,22+,23-,24+,25-,26-,27+/m1/s1. The second-order valence-corrected chi connectivity index (χ2v) is 11.6. The van der Waals surface area contributed by atoms with E-state index in [4.69, 9.17) is 4.74 Å². The topological polar surface area (TPSA) is 32.8 Å². The smallest absolute Gasteiger partial charge is 0.122 e. The monoisotopic (exact) mass is 400 g/mol. The van der Waals surface area contributed by atoms with Gasteiger partial charge in [0.05, 0.1) is 6.10 Å². The number of aliphatic hydroxyl groups is 1. The molecule has 0 aromatic carbocycles. The van der Waals surface area contributed by atoms with Gasteiger partial charge in [-0.2, -0.15) is 0 Å². The van der Waals surface area contributed by atoms with Crippen LogP contribution in [0, 0.1) is 29.1 Å². The highest BCUT2D eigenvalue weighted by Gasteiger charge is 2.60. The first-order valence-electron chi connectivity index (χ1n) is 12.5. The summed E-state index contributed by atoms with van der Waals surface area (Å²) in [5.41, 5.74) is 3.13. The van der Waals surface area contributed by atoms with Crippen LogP contribution in [0.1, 0.15) is 98.3 Å². The van der Waals surface area contributed by atoms with Crippen LogP contribution in [0.15, 0.2) is 23.8 Å². The zero-order chi connectivity index (χ0) is 20.8. The van der Waals surface area contributed by atoms with Crippen molar-refractivity contribution in [2.75, 3.05) is 0 Å². The van der Waals surface area contributed by atoms with E-state index in [2.05, 4.69) is 40.3 Å². The van der Waals surface area contributed by atoms with Crippen LogP contribution in [0.4, 0.5) is 0 Å². The summed E-state index contributed by atoms with van der Waals surface area (Å²) in [5, 5.41) is 10.2. The van der Waals surface area contributed by atoms with E-state index in [0.29, 0.717) is 5.41 Å². The molecule has 1 N–H and O–H groups in total. The molecule has 4 rings (SSSR count). The number of rotatable bonds is 6. The predicted molar refractivity (Wildman–Crippen MR) is 121 cm³/mol. The highest BCUT2D eigenvalue weighted by Crippen LogP contribution is 2.61. The van der Waals surface area contributed by atoms with Crippen molar-refractivity contribution in [2.24, 2.45) is 29.1 Å². The Morgan fingerprint density at radius 3 is 2.72 bits per heavy atom. The van der Waals surface area contributed by atoms with Crippen LogP contribution in [-0.4, -0.2) is 22.9 Å². The van der Waals surface area contributed by atoms with Crippen LogP contribution in [0.25, 0.3) is 0 Å². The molecule has 7 atom stereocenters. The van der Waals surface area contributed by atoms with E-state index in [1.54, 1.807) is 5.57 Å². The van der Waals surface area contributed by atoms with Gasteiger partial charge >= 0.3 is 0 Å². The molecule has 4 fully saturated rings. The van der Waals surface area contributed by atoms with Crippen molar-refractivity contribution in [1.29, 1.82) is 0 Å². The minimum atomic E-state index is -0.235. The molecular formula is C27H44O2. The molecule has 1 saturated heterocycles. The van der Waals surface area contributed by atoms with E-state index in [9.17, 15) is 5.11 Å². The van der Waals surface area contributed by atoms with Gasteiger partial charge < -0.3 is 9.84 Å². The van der Waals surface area contributed by atoms with E-state index in [0.717, 1.165) is 42.9 Å². The Bertz CT molecular complexity index is 649. The fourth-order valence-electron chi connectivity index (χ4n) is 7.42. The van der Waals surface area contributed by atoms with E-state index in [1.165, 1.54) is 56.9 Å². The SMILES string of the molecule is C=C1CC[C@H](O)C[C@]12O[C@@H]2/C=C1\CCC[C@]2(C)[C@@H]([C@H](C)CCCC(C)C)CC[C@@H]12. The zero-order valence-electron chi connectivity index (χ0n) is 19.4. The molecule has 0 radical (unpaired) electrons. The summed E-state index contributed by atoms with van der Waals surface area (Å²) in [7, 11) is 0. The van der Waals surface area contributed by atoms with Crippen LogP contribution in [-0.2, 0) is 4.74 Å². The molecule has 0 aromatic rings. The molecule has 1 aliphatic heterocycles. The summed E-state index contributed by atoms with van der Waals surface area (Å²) in [6.45, 7) is 14.1. The molecule has 1 heterocycles. The largest absolute Gasteiger partial charge is 0.393 e. The van der Waals surface area contributed by atoms with Crippen molar-refractivity contribution >= 4 is 0 Å². The van der Waals surface area contributed by atoms with Gasteiger partial charge in [-0.1, -0.05) is 65.2 Å². The molecule has 2 heteroatoms. The van der Waals surface area contributed by atoms with Gasteiger partial charge in [0.2, 0.25) is 0 Å². The van der Waals surface area contributed by atoms with Crippen LogP contribution in [0.5, 0.6) is 0 Å². The molecule has 2 nitrogen and oxygen atoms in total. The van der Waals surface area contributed by atoms with Gasteiger partial charge in [0.1, 0.15) is 11.7 Å². The summed E-state index contributed by atoms with van der Waals surface area (Å²) < 4.78 is 6.23. The Morgan fingerprint density at radius 1 is 1.17 bits per heavy atom. The Balaban J connectivity index is 1.44. The van der Waals surface area contributed by atoms with Crippen LogP contribution >= 0.6 is 0 Å². The zero-order valence-corrected chi connectivity index (χ0v) is 19.4. The van der Waals surface area contributed by atoms with Crippen molar-refractivity contribution in [3.8, 4) is 0 Å². The maximum Gasteiger partial charge on any atom is 0.122 e. The highest BCUT2D eigenvalue weighted by atomic mass is 16.6. The number of ether oxygens (including phenoxy) is 1. The number of hydrogen-bond acceptors (Lipinski definition) is 2. The lowest BCUT2D eigenvalue weighted by Gasteiger charge is -2.44. The third-order valence-corrected chi connectivity index (χ3v) is 9.19. The Hall–Kier alpha value is -0.600. The lowest BCUT2D eigenvalue weighted by molar-refractivity contribution is 0.0925. The number of epoxide rings is 1. The van der Waals surface area contributed by atoms with Gasteiger partial charge in [-0.25, -0.2) is 0 Å². The minimum Gasteiger partial charge on any atom is -0.393 e. The first-order chi connectivity index (χ1) is 13.8. The highest BCUT2D eigenvalue weighted by molar-refractivity contribution is 5.34. The van der Waals surface area contributed by atoms with E-state index >= 15 is 0 Å². The fraction of sp³-hybridized carbons (Fsp3) is 0.852. The number of aliphatic hydroxyl groups excluding tert-OH is 1. The lowest BCUT2D eigenvalue weighted by atomic mass is 9.60. The van der Waals surface area contributed by atoms with Crippen LogP contribution in [0.3, 0.4) is 0 Å². The molecule has 1 spiro atoms. The Labute approximate surface area is 179 Å².